The molecule has 2 aromatic rings. The van der Waals surface area contributed by atoms with Crippen molar-refractivity contribution in [2.75, 3.05) is 6.07 Å². The Labute approximate surface area is 122 Å². The molecule has 0 heterocycles. The molecule has 1 atom stereocenters. The summed E-state index contributed by atoms with van der Waals surface area (Å²) in [5.41, 5.74) is 1.51. The SMILES string of the molecule is O=P(O)(OCCl)OC(c1ccccc1)c1ccccc1. The van der Waals surface area contributed by atoms with Crippen molar-refractivity contribution in [3.8, 4) is 0 Å². The molecular formula is C14H14ClO4P. The molecule has 0 bridgehead atoms. The van der Waals surface area contributed by atoms with Gasteiger partial charge in [0.05, 0.1) is 0 Å². The van der Waals surface area contributed by atoms with Crippen molar-refractivity contribution in [3.05, 3.63) is 71.8 Å². The Morgan fingerprint density at radius 3 is 1.85 bits per heavy atom. The van der Waals surface area contributed by atoms with E-state index in [1.165, 1.54) is 0 Å². The first-order valence-corrected chi connectivity index (χ1v) is 7.97. The first-order chi connectivity index (χ1) is 9.62. The minimum atomic E-state index is -4.21. The predicted octanol–water partition coefficient (Wildman–Crippen LogP) is 4.11. The predicted molar refractivity (Wildman–Crippen MR) is 77.4 cm³/mol. The fourth-order valence-electron chi connectivity index (χ4n) is 1.80. The van der Waals surface area contributed by atoms with E-state index in [-0.39, 0.29) is 0 Å². The summed E-state index contributed by atoms with van der Waals surface area (Å²) in [5, 5.41) is 0. The quantitative estimate of drug-likeness (QED) is 0.644. The van der Waals surface area contributed by atoms with Crippen LogP contribution in [0.15, 0.2) is 60.7 Å². The van der Waals surface area contributed by atoms with Crippen molar-refractivity contribution in [2.45, 2.75) is 6.10 Å². The highest BCUT2D eigenvalue weighted by Gasteiger charge is 2.28. The Morgan fingerprint density at radius 1 is 1.00 bits per heavy atom. The average molecular weight is 313 g/mol. The molecule has 0 aromatic heterocycles. The summed E-state index contributed by atoms with van der Waals surface area (Å²) < 4.78 is 21.6. The first kappa shape index (κ1) is 15.2. The third-order valence-corrected chi connectivity index (χ3v) is 3.85. The minimum Gasteiger partial charge on any atom is -0.302 e. The molecule has 0 amide bonds. The number of phosphoric acid groups is 1. The van der Waals surface area contributed by atoms with Crippen LogP contribution in [0.1, 0.15) is 17.2 Å². The zero-order valence-corrected chi connectivity index (χ0v) is 12.2. The van der Waals surface area contributed by atoms with Gasteiger partial charge in [0.25, 0.3) is 0 Å². The summed E-state index contributed by atoms with van der Waals surface area (Å²) in [4.78, 5) is 9.63. The van der Waals surface area contributed by atoms with E-state index in [0.29, 0.717) is 0 Å². The lowest BCUT2D eigenvalue weighted by Gasteiger charge is -2.21. The van der Waals surface area contributed by atoms with Crippen LogP contribution in [0.2, 0.25) is 0 Å². The number of hydrogen-bond acceptors (Lipinski definition) is 3. The van der Waals surface area contributed by atoms with Gasteiger partial charge in [0.1, 0.15) is 12.2 Å². The van der Waals surface area contributed by atoms with Crippen molar-refractivity contribution in [3.63, 3.8) is 0 Å². The summed E-state index contributed by atoms with van der Waals surface area (Å²) in [6, 6.07) is 17.9. The average Bonchev–Trinajstić information content (AvgIpc) is 2.47. The lowest BCUT2D eigenvalue weighted by molar-refractivity contribution is 0.135. The summed E-state index contributed by atoms with van der Waals surface area (Å²) in [6.07, 6.45) is -0.698. The summed E-state index contributed by atoms with van der Waals surface area (Å²) >= 11 is 5.33. The number of hydrogen-bond donors (Lipinski definition) is 1. The maximum absolute atomic E-state index is 11.8. The highest BCUT2D eigenvalue weighted by molar-refractivity contribution is 7.47. The second kappa shape index (κ2) is 7.02. The number of alkyl halides is 1. The van der Waals surface area contributed by atoms with Crippen LogP contribution in [0, 0.1) is 0 Å². The van der Waals surface area contributed by atoms with Gasteiger partial charge in [-0.25, -0.2) is 4.57 Å². The van der Waals surface area contributed by atoms with Gasteiger partial charge < -0.3 is 4.89 Å². The normalized spacial score (nSPS) is 14.2. The van der Waals surface area contributed by atoms with Crippen LogP contribution < -0.4 is 0 Å². The van der Waals surface area contributed by atoms with Gasteiger partial charge in [0.15, 0.2) is 0 Å². The van der Waals surface area contributed by atoms with Crippen molar-refractivity contribution in [2.24, 2.45) is 0 Å². The van der Waals surface area contributed by atoms with Gasteiger partial charge in [-0.1, -0.05) is 72.3 Å². The van der Waals surface area contributed by atoms with Crippen LogP contribution in [-0.2, 0) is 13.6 Å². The van der Waals surface area contributed by atoms with Crippen molar-refractivity contribution >= 4 is 19.4 Å². The van der Waals surface area contributed by atoms with Crippen LogP contribution in [0.25, 0.3) is 0 Å². The molecule has 20 heavy (non-hydrogen) atoms. The maximum Gasteiger partial charge on any atom is 0.474 e. The van der Waals surface area contributed by atoms with E-state index in [1.807, 2.05) is 60.7 Å². The standard InChI is InChI=1S/C14H14ClO4P/c15-11-18-20(16,17)19-14(12-7-3-1-4-8-12)13-9-5-2-6-10-13/h1-10,14H,11H2,(H,16,17). The summed E-state index contributed by atoms with van der Waals surface area (Å²) in [5.74, 6) is 0. The van der Waals surface area contributed by atoms with E-state index >= 15 is 0 Å². The lowest BCUT2D eigenvalue weighted by atomic mass is 10.0. The van der Waals surface area contributed by atoms with Crippen LogP contribution in [-0.4, -0.2) is 11.0 Å². The molecular weight excluding hydrogens is 299 g/mol. The number of halogens is 1. The van der Waals surface area contributed by atoms with Crippen molar-refractivity contribution in [1.82, 2.24) is 0 Å². The molecule has 2 rings (SSSR count). The van der Waals surface area contributed by atoms with E-state index < -0.39 is 20.0 Å². The Kier molecular flexibility index (Phi) is 5.35. The molecule has 0 aliphatic heterocycles. The molecule has 4 nitrogen and oxygen atoms in total. The molecule has 1 unspecified atom stereocenters. The second-order valence-electron chi connectivity index (χ2n) is 4.01. The maximum atomic E-state index is 11.8. The third kappa shape index (κ3) is 4.17. The molecule has 1 N–H and O–H groups in total. The van der Waals surface area contributed by atoms with Gasteiger partial charge in [-0.15, -0.1) is 0 Å². The smallest absolute Gasteiger partial charge is 0.302 e. The molecule has 0 fully saturated rings. The van der Waals surface area contributed by atoms with Crippen molar-refractivity contribution in [1.29, 1.82) is 0 Å². The van der Waals surface area contributed by atoms with Crippen LogP contribution >= 0.6 is 19.4 Å². The van der Waals surface area contributed by atoms with E-state index in [2.05, 4.69) is 4.52 Å². The van der Waals surface area contributed by atoms with Gasteiger partial charge in [0.2, 0.25) is 0 Å². The van der Waals surface area contributed by atoms with E-state index in [0.717, 1.165) is 11.1 Å². The van der Waals surface area contributed by atoms with E-state index in [4.69, 9.17) is 16.1 Å². The number of rotatable bonds is 6. The van der Waals surface area contributed by atoms with Gasteiger partial charge in [-0.3, -0.25) is 9.05 Å². The molecule has 0 radical (unpaired) electrons. The molecule has 0 saturated heterocycles. The van der Waals surface area contributed by atoms with Crippen molar-refractivity contribution < 1.29 is 18.5 Å². The van der Waals surface area contributed by atoms with Crippen LogP contribution in [0.4, 0.5) is 0 Å². The third-order valence-electron chi connectivity index (χ3n) is 2.66. The van der Waals surface area contributed by atoms with E-state index in [9.17, 15) is 9.46 Å². The van der Waals surface area contributed by atoms with Crippen LogP contribution in [0.3, 0.4) is 0 Å². The van der Waals surface area contributed by atoms with Gasteiger partial charge in [-0.2, -0.15) is 0 Å². The molecule has 6 heteroatoms. The number of benzene rings is 2. The van der Waals surface area contributed by atoms with Gasteiger partial charge in [0, 0.05) is 0 Å². The molecule has 106 valence electrons. The Hall–Kier alpha value is -1.16. The zero-order valence-electron chi connectivity index (χ0n) is 10.6. The largest absolute Gasteiger partial charge is 0.474 e. The molecule has 0 spiro atoms. The van der Waals surface area contributed by atoms with Gasteiger partial charge >= 0.3 is 7.82 Å². The van der Waals surface area contributed by atoms with Gasteiger partial charge in [-0.05, 0) is 11.1 Å². The Balaban J connectivity index is 2.33. The number of phosphoric ester groups is 1. The molecule has 0 aliphatic rings. The Morgan fingerprint density at radius 2 is 1.45 bits per heavy atom. The topological polar surface area (TPSA) is 55.8 Å². The molecule has 0 saturated carbocycles. The fourth-order valence-corrected chi connectivity index (χ4v) is 2.86. The Bertz CT molecular complexity index is 537. The first-order valence-electron chi connectivity index (χ1n) is 5.94. The fraction of sp³-hybridized carbons (Fsp3) is 0.143. The molecule has 2 aromatic carbocycles. The summed E-state index contributed by atoms with van der Waals surface area (Å²) in [7, 11) is -4.21. The lowest BCUT2D eigenvalue weighted by Crippen LogP contribution is -2.06. The van der Waals surface area contributed by atoms with Crippen LogP contribution in [0.5, 0.6) is 0 Å². The summed E-state index contributed by atoms with van der Waals surface area (Å²) in [6.45, 7) is 0. The monoisotopic (exact) mass is 312 g/mol. The minimum absolute atomic E-state index is 0.413. The molecule has 0 aliphatic carbocycles. The van der Waals surface area contributed by atoms with E-state index in [1.54, 1.807) is 0 Å². The second-order valence-corrected chi connectivity index (χ2v) is 5.64. The highest BCUT2D eigenvalue weighted by atomic mass is 35.5. The highest BCUT2D eigenvalue weighted by Crippen LogP contribution is 2.49. The zero-order chi connectivity index (χ0) is 14.4.